The van der Waals surface area contributed by atoms with Gasteiger partial charge in [-0.15, -0.1) is 24.8 Å². The molecule has 0 aromatic carbocycles. The van der Waals surface area contributed by atoms with Gasteiger partial charge in [0.2, 0.25) is 5.91 Å². The molecule has 0 radical (unpaired) electrons. The van der Waals surface area contributed by atoms with Crippen molar-refractivity contribution < 1.29 is 9.53 Å². The zero-order valence-electron chi connectivity index (χ0n) is 16.0. The summed E-state index contributed by atoms with van der Waals surface area (Å²) in [6.45, 7) is 5.62. The van der Waals surface area contributed by atoms with Gasteiger partial charge in [-0.2, -0.15) is 0 Å². The van der Waals surface area contributed by atoms with E-state index in [1.165, 1.54) is 38.5 Å². The number of nitrogens with zero attached hydrogens (tertiary/aromatic N) is 1. The third kappa shape index (κ3) is 6.23. The molecular weight excluding hydrogens is 373 g/mol. The summed E-state index contributed by atoms with van der Waals surface area (Å²) in [5.74, 6) is 0.0918. The highest BCUT2D eigenvalue weighted by molar-refractivity contribution is 5.86. The molecule has 1 aliphatic heterocycles. The van der Waals surface area contributed by atoms with Crippen molar-refractivity contribution in [2.45, 2.75) is 69.7 Å². The summed E-state index contributed by atoms with van der Waals surface area (Å²) in [5, 5.41) is 3.27. The average molecular weight is 410 g/mol. The Kier molecular flexibility index (Phi) is 10.2. The van der Waals surface area contributed by atoms with Crippen LogP contribution in [0.3, 0.4) is 0 Å². The number of ether oxygens (including phenoxy) is 1. The minimum absolute atomic E-state index is 0. The van der Waals surface area contributed by atoms with Gasteiger partial charge in [0, 0.05) is 31.6 Å². The molecule has 0 spiro atoms. The third-order valence-corrected chi connectivity index (χ3v) is 6.40. The molecule has 3 aliphatic rings. The van der Waals surface area contributed by atoms with E-state index < -0.39 is 5.54 Å². The number of amides is 1. The van der Waals surface area contributed by atoms with E-state index in [2.05, 4.69) is 10.2 Å². The topological polar surface area (TPSA) is 67.6 Å². The molecular formula is C19H37Cl2N3O2. The third-order valence-electron chi connectivity index (χ3n) is 6.40. The van der Waals surface area contributed by atoms with Gasteiger partial charge in [-0.3, -0.25) is 9.69 Å². The van der Waals surface area contributed by atoms with E-state index in [4.69, 9.17) is 10.5 Å². The second-order valence-corrected chi connectivity index (χ2v) is 8.35. The largest absolute Gasteiger partial charge is 0.379 e. The van der Waals surface area contributed by atoms with Gasteiger partial charge in [0.25, 0.3) is 0 Å². The zero-order valence-corrected chi connectivity index (χ0v) is 17.6. The molecule has 3 rings (SSSR count). The van der Waals surface area contributed by atoms with Crippen LogP contribution in [0.25, 0.3) is 0 Å². The molecule has 0 aromatic rings. The Morgan fingerprint density at radius 3 is 2.04 bits per heavy atom. The van der Waals surface area contributed by atoms with Crippen LogP contribution in [0.5, 0.6) is 0 Å². The minimum Gasteiger partial charge on any atom is -0.379 e. The summed E-state index contributed by atoms with van der Waals surface area (Å²) in [6, 6.07) is 0. The predicted molar refractivity (Wildman–Crippen MR) is 110 cm³/mol. The fourth-order valence-corrected chi connectivity index (χ4v) is 4.78. The lowest BCUT2D eigenvalue weighted by Gasteiger charge is -2.43. The molecule has 1 heterocycles. The second kappa shape index (κ2) is 11.1. The quantitative estimate of drug-likeness (QED) is 0.732. The molecule has 5 nitrogen and oxygen atoms in total. The van der Waals surface area contributed by atoms with Crippen molar-refractivity contribution in [3.05, 3.63) is 0 Å². The molecule has 1 amide bonds. The van der Waals surface area contributed by atoms with Crippen molar-refractivity contribution in [2.75, 3.05) is 39.4 Å². The molecule has 26 heavy (non-hydrogen) atoms. The molecule has 2 aliphatic carbocycles. The van der Waals surface area contributed by atoms with Crippen molar-refractivity contribution in [2.24, 2.45) is 11.1 Å². The first kappa shape index (κ1) is 24.0. The summed E-state index contributed by atoms with van der Waals surface area (Å²) < 4.78 is 5.48. The molecule has 0 atom stereocenters. The number of morpholine rings is 1. The highest BCUT2D eigenvalue weighted by atomic mass is 35.5. The van der Waals surface area contributed by atoms with Crippen LogP contribution in [0, 0.1) is 5.41 Å². The van der Waals surface area contributed by atoms with E-state index in [-0.39, 0.29) is 36.1 Å². The van der Waals surface area contributed by atoms with Crippen molar-refractivity contribution in [1.82, 2.24) is 10.2 Å². The second-order valence-electron chi connectivity index (χ2n) is 8.35. The average Bonchev–Trinajstić information content (AvgIpc) is 2.62. The number of halogens is 2. The Balaban J connectivity index is 0.00000169. The van der Waals surface area contributed by atoms with E-state index in [1.54, 1.807) is 0 Å². The van der Waals surface area contributed by atoms with Crippen LogP contribution in [0.2, 0.25) is 0 Å². The smallest absolute Gasteiger partial charge is 0.240 e. The lowest BCUT2D eigenvalue weighted by molar-refractivity contribution is -0.128. The van der Waals surface area contributed by atoms with Crippen molar-refractivity contribution in [1.29, 1.82) is 0 Å². The van der Waals surface area contributed by atoms with Crippen LogP contribution in [0.15, 0.2) is 0 Å². The molecule has 0 unspecified atom stereocenters. The molecule has 154 valence electrons. The maximum atomic E-state index is 12.7. The zero-order chi connectivity index (χ0) is 16.9. The van der Waals surface area contributed by atoms with Crippen LogP contribution < -0.4 is 11.1 Å². The summed E-state index contributed by atoms with van der Waals surface area (Å²) >= 11 is 0. The van der Waals surface area contributed by atoms with Gasteiger partial charge < -0.3 is 15.8 Å². The number of carbonyl (C=O) groups is 1. The predicted octanol–water partition coefficient (Wildman–Crippen LogP) is 2.89. The number of hydrogen-bond donors (Lipinski definition) is 2. The minimum atomic E-state index is -0.618. The standard InChI is InChI=1S/C19H35N3O2.2ClH/c20-19(9-5-2-6-10-19)17(23)21-15-18(7-3-1-4-8-18)16-22-11-13-24-14-12-22;;/h1-16,20H2,(H,21,23);2*1H. The van der Waals surface area contributed by atoms with Crippen LogP contribution in [0.4, 0.5) is 0 Å². The molecule has 0 aromatic heterocycles. The van der Waals surface area contributed by atoms with Crippen LogP contribution >= 0.6 is 24.8 Å². The Bertz CT molecular complexity index is 419. The van der Waals surface area contributed by atoms with Gasteiger partial charge in [0.1, 0.15) is 0 Å². The van der Waals surface area contributed by atoms with Gasteiger partial charge in [0.05, 0.1) is 18.8 Å². The lowest BCUT2D eigenvalue weighted by atomic mass is 9.73. The Hall–Kier alpha value is -0.0700. The summed E-state index contributed by atoms with van der Waals surface area (Å²) in [5.41, 5.74) is 6.02. The number of hydrogen-bond acceptors (Lipinski definition) is 4. The summed E-state index contributed by atoms with van der Waals surface area (Å²) in [7, 11) is 0. The van der Waals surface area contributed by atoms with E-state index in [0.717, 1.165) is 65.1 Å². The Labute approximate surface area is 171 Å². The summed E-state index contributed by atoms with van der Waals surface area (Å²) in [6.07, 6.45) is 11.4. The normalized spacial score (nSPS) is 25.4. The van der Waals surface area contributed by atoms with Gasteiger partial charge in [-0.1, -0.05) is 38.5 Å². The number of carbonyl (C=O) groups excluding carboxylic acids is 1. The molecule has 0 bridgehead atoms. The van der Waals surface area contributed by atoms with Crippen molar-refractivity contribution in [3.8, 4) is 0 Å². The number of rotatable bonds is 5. The highest BCUT2D eigenvalue weighted by Gasteiger charge is 2.39. The van der Waals surface area contributed by atoms with E-state index in [9.17, 15) is 4.79 Å². The number of nitrogens with one attached hydrogen (secondary N) is 1. The lowest BCUT2D eigenvalue weighted by Crippen LogP contribution is -2.57. The van der Waals surface area contributed by atoms with E-state index >= 15 is 0 Å². The monoisotopic (exact) mass is 409 g/mol. The van der Waals surface area contributed by atoms with E-state index in [1.807, 2.05) is 0 Å². The number of nitrogens with two attached hydrogens (primary N) is 1. The first-order valence-corrected chi connectivity index (χ1v) is 9.99. The van der Waals surface area contributed by atoms with Gasteiger partial charge >= 0.3 is 0 Å². The van der Waals surface area contributed by atoms with Crippen LogP contribution in [-0.2, 0) is 9.53 Å². The molecule has 7 heteroatoms. The Morgan fingerprint density at radius 1 is 0.923 bits per heavy atom. The molecule has 3 fully saturated rings. The maximum absolute atomic E-state index is 12.7. The first-order valence-electron chi connectivity index (χ1n) is 9.99. The molecule has 2 saturated carbocycles. The first-order chi connectivity index (χ1) is 11.6. The van der Waals surface area contributed by atoms with Gasteiger partial charge in [0.15, 0.2) is 0 Å². The molecule has 3 N–H and O–H groups in total. The highest BCUT2D eigenvalue weighted by Crippen LogP contribution is 2.37. The molecule has 1 saturated heterocycles. The van der Waals surface area contributed by atoms with E-state index in [0.29, 0.717) is 0 Å². The fourth-order valence-electron chi connectivity index (χ4n) is 4.78. The van der Waals surface area contributed by atoms with Crippen LogP contribution in [-0.4, -0.2) is 55.7 Å². The van der Waals surface area contributed by atoms with Gasteiger partial charge in [-0.05, 0) is 25.7 Å². The van der Waals surface area contributed by atoms with Crippen LogP contribution in [0.1, 0.15) is 64.2 Å². The fraction of sp³-hybridized carbons (Fsp3) is 0.947. The van der Waals surface area contributed by atoms with Gasteiger partial charge in [-0.25, -0.2) is 0 Å². The Morgan fingerprint density at radius 2 is 1.46 bits per heavy atom. The van der Waals surface area contributed by atoms with Crippen molar-refractivity contribution >= 4 is 30.7 Å². The van der Waals surface area contributed by atoms with Crippen molar-refractivity contribution in [3.63, 3.8) is 0 Å². The maximum Gasteiger partial charge on any atom is 0.240 e. The SMILES string of the molecule is Cl.Cl.NC1(C(=O)NCC2(CN3CCOCC3)CCCCC2)CCCCC1. The summed E-state index contributed by atoms with van der Waals surface area (Å²) in [4.78, 5) is 15.3.